The van der Waals surface area contributed by atoms with E-state index in [1.54, 1.807) is 31.4 Å². The van der Waals surface area contributed by atoms with Crippen LogP contribution < -0.4 is 4.74 Å². The summed E-state index contributed by atoms with van der Waals surface area (Å²) in [6.07, 6.45) is 1.86. The molecule has 1 N–H and O–H groups in total. The van der Waals surface area contributed by atoms with Crippen LogP contribution in [-0.2, 0) is 0 Å². The van der Waals surface area contributed by atoms with E-state index in [4.69, 9.17) is 4.74 Å². The van der Waals surface area contributed by atoms with Crippen molar-refractivity contribution < 1.29 is 14.6 Å². The third-order valence-electron chi connectivity index (χ3n) is 4.17. The topological polar surface area (TPSA) is 49.8 Å². The molecule has 3 rings (SSSR count). The van der Waals surface area contributed by atoms with Crippen LogP contribution in [0.15, 0.2) is 46.9 Å². The molecule has 0 aliphatic carbocycles. The molecule has 1 saturated heterocycles. The van der Waals surface area contributed by atoms with E-state index in [1.807, 2.05) is 23.1 Å². The fourth-order valence-corrected chi connectivity index (χ4v) is 3.46. The number of methoxy groups -OCH3 is 1. The highest BCUT2D eigenvalue weighted by atomic mass is 79.9. The Bertz CT molecular complexity index is 732. The summed E-state index contributed by atoms with van der Waals surface area (Å²) >= 11 is 3.40. The SMILES string of the molecule is COc1cc(C(=O)N2CCCC2c2cccc(O)c2)ccc1Br. The number of amides is 1. The third kappa shape index (κ3) is 3.20. The van der Waals surface area contributed by atoms with E-state index >= 15 is 0 Å². The second-order valence-corrected chi connectivity index (χ2v) is 6.46. The van der Waals surface area contributed by atoms with Crippen molar-refractivity contribution in [2.45, 2.75) is 18.9 Å². The van der Waals surface area contributed by atoms with Crippen molar-refractivity contribution in [3.63, 3.8) is 0 Å². The molecule has 5 heteroatoms. The van der Waals surface area contributed by atoms with Crippen LogP contribution in [0.3, 0.4) is 0 Å². The highest BCUT2D eigenvalue weighted by Gasteiger charge is 2.31. The van der Waals surface area contributed by atoms with Gasteiger partial charge in [-0.25, -0.2) is 0 Å². The molecule has 0 aromatic heterocycles. The van der Waals surface area contributed by atoms with Crippen molar-refractivity contribution in [3.8, 4) is 11.5 Å². The van der Waals surface area contributed by atoms with Crippen molar-refractivity contribution in [1.82, 2.24) is 4.90 Å². The zero-order valence-electron chi connectivity index (χ0n) is 12.8. The number of phenolic OH excluding ortho intramolecular Hbond substituents is 1. The first-order valence-corrected chi connectivity index (χ1v) is 8.33. The van der Waals surface area contributed by atoms with Gasteiger partial charge < -0.3 is 14.7 Å². The highest BCUT2D eigenvalue weighted by molar-refractivity contribution is 9.10. The number of carbonyl (C=O) groups is 1. The van der Waals surface area contributed by atoms with Gasteiger partial charge in [0.2, 0.25) is 0 Å². The lowest BCUT2D eigenvalue weighted by Gasteiger charge is -2.25. The number of aromatic hydroxyl groups is 1. The van der Waals surface area contributed by atoms with Crippen LogP contribution in [0.4, 0.5) is 0 Å². The minimum absolute atomic E-state index is 0.00393. The van der Waals surface area contributed by atoms with Crippen LogP contribution in [0.2, 0.25) is 0 Å². The number of benzene rings is 2. The van der Waals surface area contributed by atoms with Crippen molar-refractivity contribution >= 4 is 21.8 Å². The maximum absolute atomic E-state index is 12.9. The summed E-state index contributed by atoms with van der Waals surface area (Å²) in [7, 11) is 1.58. The molecule has 120 valence electrons. The predicted molar refractivity (Wildman–Crippen MR) is 91.8 cm³/mol. The molecule has 0 radical (unpaired) electrons. The maximum Gasteiger partial charge on any atom is 0.254 e. The number of phenols is 1. The van der Waals surface area contributed by atoms with Crippen LogP contribution in [0.25, 0.3) is 0 Å². The van der Waals surface area contributed by atoms with Crippen LogP contribution in [-0.4, -0.2) is 29.6 Å². The molecule has 1 aliphatic heterocycles. The van der Waals surface area contributed by atoms with Gasteiger partial charge in [-0.15, -0.1) is 0 Å². The summed E-state index contributed by atoms with van der Waals surface area (Å²) in [6, 6.07) is 12.5. The van der Waals surface area contributed by atoms with Gasteiger partial charge >= 0.3 is 0 Å². The van der Waals surface area contributed by atoms with E-state index < -0.39 is 0 Å². The van der Waals surface area contributed by atoms with E-state index in [2.05, 4.69) is 15.9 Å². The normalized spacial score (nSPS) is 17.3. The molecule has 2 aromatic rings. The quantitative estimate of drug-likeness (QED) is 0.876. The molecule has 0 spiro atoms. The Labute approximate surface area is 143 Å². The van der Waals surface area contributed by atoms with E-state index in [0.717, 1.165) is 29.4 Å². The van der Waals surface area contributed by atoms with Gasteiger partial charge in [-0.1, -0.05) is 12.1 Å². The number of nitrogens with zero attached hydrogens (tertiary/aromatic N) is 1. The first kappa shape index (κ1) is 15.9. The Balaban J connectivity index is 1.89. The fourth-order valence-electron chi connectivity index (χ4n) is 3.05. The monoisotopic (exact) mass is 375 g/mol. The molecule has 23 heavy (non-hydrogen) atoms. The molecule has 1 atom stereocenters. The molecular weight excluding hydrogens is 358 g/mol. The lowest BCUT2D eigenvalue weighted by Crippen LogP contribution is -2.30. The average molecular weight is 376 g/mol. The van der Waals surface area contributed by atoms with Gasteiger partial charge in [-0.3, -0.25) is 4.79 Å². The van der Waals surface area contributed by atoms with E-state index in [-0.39, 0.29) is 17.7 Å². The lowest BCUT2D eigenvalue weighted by atomic mass is 10.0. The molecule has 2 aromatic carbocycles. The van der Waals surface area contributed by atoms with E-state index in [9.17, 15) is 9.90 Å². The summed E-state index contributed by atoms with van der Waals surface area (Å²) in [5, 5.41) is 9.69. The molecule has 1 heterocycles. The van der Waals surface area contributed by atoms with E-state index in [0.29, 0.717) is 11.3 Å². The van der Waals surface area contributed by atoms with Crippen molar-refractivity contribution in [3.05, 3.63) is 58.1 Å². The van der Waals surface area contributed by atoms with Crippen molar-refractivity contribution in [2.24, 2.45) is 0 Å². The van der Waals surface area contributed by atoms with E-state index in [1.165, 1.54) is 0 Å². The van der Waals surface area contributed by atoms with Gasteiger partial charge in [0.05, 0.1) is 17.6 Å². The Morgan fingerprint density at radius 1 is 1.30 bits per heavy atom. The van der Waals surface area contributed by atoms with Crippen LogP contribution in [0.1, 0.15) is 34.8 Å². The third-order valence-corrected chi connectivity index (χ3v) is 4.82. The number of hydrogen-bond acceptors (Lipinski definition) is 3. The molecular formula is C18H18BrNO3. The second kappa shape index (κ2) is 6.62. The summed E-state index contributed by atoms with van der Waals surface area (Å²) in [5.74, 6) is 0.859. The number of halogens is 1. The van der Waals surface area contributed by atoms with Crippen LogP contribution in [0, 0.1) is 0 Å². The second-order valence-electron chi connectivity index (χ2n) is 5.60. The number of rotatable bonds is 3. The molecule has 0 bridgehead atoms. The molecule has 0 saturated carbocycles. The molecule has 1 amide bonds. The molecule has 1 unspecified atom stereocenters. The summed E-state index contributed by atoms with van der Waals surface area (Å²) in [4.78, 5) is 14.8. The Hall–Kier alpha value is -2.01. The predicted octanol–water partition coefficient (Wildman–Crippen LogP) is 4.14. The zero-order chi connectivity index (χ0) is 16.4. The Morgan fingerprint density at radius 3 is 2.87 bits per heavy atom. The van der Waals surface area contributed by atoms with Gasteiger partial charge in [-0.05, 0) is 64.7 Å². The minimum atomic E-state index is -0.0124. The maximum atomic E-state index is 12.9. The smallest absolute Gasteiger partial charge is 0.254 e. The van der Waals surface area contributed by atoms with Gasteiger partial charge in [0.15, 0.2) is 0 Å². The molecule has 1 fully saturated rings. The van der Waals surface area contributed by atoms with Crippen LogP contribution in [0.5, 0.6) is 11.5 Å². The molecule has 4 nitrogen and oxygen atoms in total. The minimum Gasteiger partial charge on any atom is -0.508 e. The first-order chi connectivity index (χ1) is 11.1. The summed E-state index contributed by atoms with van der Waals surface area (Å²) in [5.41, 5.74) is 1.58. The number of likely N-dealkylation sites (tertiary alicyclic amines) is 1. The summed E-state index contributed by atoms with van der Waals surface area (Å²) < 4.78 is 6.10. The van der Waals surface area contributed by atoms with Gasteiger partial charge in [0, 0.05) is 12.1 Å². The molecule has 1 aliphatic rings. The van der Waals surface area contributed by atoms with Crippen molar-refractivity contribution in [1.29, 1.82) is 0 Å². The van der Waals surface area contributed by atoms with Gasteiger partial charge in [-0.2, -0.15) is 0 Å². The average Bonchev–Trinajstić information content (AvgIpc) is 3.04. The Morgan fingerprint density at radius 2 is 2.13 bits per heavy atom. The lowest BCUT2D eigenvalue weighted by molar-refractivity contribution is 0.0735. The van der Waals surface area contributed by atoms with Gasteiger partial charge in [0.1, 0.15) is 11.5 Å². The first-order valence-electron chi connectivity index (χ1n) is 7.53. The number of hydrogen-bond donors (Lipinski definition) is 1. The standard InChI is InChI=1S/C18H18BrNO3/c1-23-17-11-13(7-8-15(17)19)18(22)20-9-3-6-16(20)12-4-2-5-14(21)10-12/h2,4-5,7-8,10-11,16,21H,3,6,9H2,1H3. The summed E-state index contributed by atoms with van der Waals surface area (Å²) in [6.45, 7) is 0.720. The van der Waals surface area contributed by atoms with Crippen LogP contribution >= 0.6 is 15.9 Å². The fraction of sp³-hybridized carbons (Fsp3) is 0.278. The number of carbonyl (C=O) groups excluding carboxylic acids is 1. The zero-order valence-corrected chi connectivity index (χ0v) is 14.4. The van der Waals surface area contributed by atoms with Crippen molar-refractivity contribution in [2.75, 3.05) is 13.7 Å². The Kier molecular flexibility index (Phi) is 4.57. The highest BCUT2D eigenvalue weighted by Crippen LogP contribution is 2.35. The largest absolute Gasteiger partial charge is 0.508 e. The number of ether oxygens (including phenoxy) is 1. The van der Waals surface area contributed by atoms with Gasteiger partial charge in [0.25, 0.3) is 5.91 Å².